The van der Waals surface area contributed by atoms with E-state index in [1.54, 1.807) is 23.7 Å². The van der Waals surface area contributed by atoms with Gasteiger partial charge in [-0.3, -0.25) is 4.57 Å². The number of pyridine rings is 2. The van der Waals surface area contributed by atoms with Gasteiger partial charge >= 0.3 is 0 Å². The molecule has 4 aromatic heterocycles. The van der Waals surface area contributed by atoms with Gasteiger partial charge in [0.2, 0.25) is 0 Å². The number of nitrogen functional groups attached to an aromatic ring is 1. The number of fused-ring (bicyclic) bond motifs is 2. The Kier molecular flexibility index (Phi) is 4.09. The zero-order valence-electron chi connectivity index (χ0n) is 16.6. The number of benzene rings is 1. The lowest BCUT2D eigenvalue weighted by Gasteiger charge is -2.12. The fourth-order valence-electron chi connectivity index (χ4n) is 4.23. The van der Waals surface area contributed by atoms with E-state index in [2.05, 4.69) is 32.7 Å². The maximum absolute atomic E-state index is 6.26. The summed E-state index contributed by atoms with van der Waals surface area (Å²) >= 11 is 1.56. The predicted octanol–water partition coefficient (Wildman–Crippen LogP) is 4.13. The van der Waals surface area contributed by atoms with Crippen LogP contribution in [0.4, 0.5) is 5.82 Å². The Morgan fingerprint density at radius 2 is 1.97 bits per heavy atom. The average molecular weight is 426 g/mol. The molecule has 0 radical (unpaired) electrons. The van der Waals surface area contributed by atoms with Gasteiger partial charge in [-0.25, -0.2) is 19.9 Å². The van der Waals surface area contributed by atoms with Crippen LogP contribution in [0.3, 0.4) is 0 Å². The van der Waals surface area contributed by atoms with Crippen molar-refractivity contribution in [3.8, 4) is 27.8 Å². The van der Waals surface area contributed by atoms with Gasteiger partial charge in [-0.2, -0.15) is 0 Å². The molecular weight excluding hydrogens is 406 g/mol. The minimum atomic E-state index is 0.103. The largest absolute Gasteiger partial charge is 0.383 e. The fraction of sp³-hybridized carbons (Fsp3) is 0.130. The van der Waals surface area contributed by atoms with E-state index in [9.17, 15) is 0 Å². The van der Waals surface area contributed by atoms with Gasteiger partial charge in [0.15, 0.2) is 11.5 Å². The molecule has 1 aliphatic carbocycles. The number of aryl methyl sites for hydroxylation is 1. The normalized spacial score (nSPS) is 15.5. The summed E-state index contributed by atoms with van der Waals surface area (Å²) in [5.41, 5.74) is 19.1. The molecule has 6 rings (SSSR count). The number of imidazole rings is 1. The average Bonchev–Trinajstić information content (AvgIpc) is 3.52. The smallest absolute Gasteiger partial charge is 0.165 e. The first-order chi connectivity index (χ1) is 15.2. The summed E-state index contributed by atoms with van der Waals surface area (Å²) in [6.07, 6.45) is 5.41. The van der Waals surface area contributed by atoms with Crippen LogP contribution in [0.15, 0.2) is 60.2 Å². The van der Waals surface area contributed by atoms with E-state index in [-0.39, 0.29) is 6.04 Å². The molecule has 5 aromatic rings. The third-order valence-electron chi connectivity index (χ3n) is 5.74. The maximum atomic E-state index is 6.26. The van der Waals surface area contributed by atoms with Crippen LogP contribution < -0.4 is 11.5 Å². The van der Waals surface area contributed by atoms with Crippen LogP contribution in [-0.2, 0) is 6.42 Å². The van der Waals surface area contributed by atoms with Crippen molar-refractivity contribution in [1.82, 2.24) is 24.5 Å². The van der Waals surface area contributed by atoms with Gasteiger partial charge in [0.1, 0.15) is 22.0 Å². The quantitative estimate of drug-likeness (QED) is 0.450. The van der Waals surface area contributed by atoms with E-state index in [0.29, 0.717) is 11.6 Å². The highest BCUT2D eigenvalue weighted by molar-refractivity contribution is 7.13. The third-order valence-corrected chi connectivity index (χ3v) is 6.54. The second-order valence-electron chi connectivity index (χ2n) is 7.61. The predicted molar refractivity (Wildman–Crippen MR) is 123 cm³/mol. The van der Waals surface area contributed by atoms with Gasteiger partial charge < -0.3 is 11.5 Å². The molecule has 0 bridgehead atoms. The SMILES string of the molecule is Nc1ncccc1-c1nc2ccc(-c3nccs3)nc2n1-c1ccc2c(c1)CC[C@@H]2N. The fourth-order valence-corrected chi connectivity index (χ4v) is 4.84. The molecule has 0 spiro atoms. The summed E-state index contributed by atoms with van der Waals surface area (Å²) in [6.45, 7) is 0. The molecule has 152 valence electrons. The number of nitrogens with two attached hydrogens (primary N) is 2. The molecule has 1 aromatic carbocycles. The van der Waals surface area contributed by atoms with E-state index >= 15 is 0 Å². The van der Waals surface area contributed by atoms with Crippen molar-refractivity contribution in [2.45, 2.75) is 18.9 Å². The van der Waals surface area contributed by atoms with Crippen molar-refractivity contribution >= 4 is 28.3 Å². The number of hydrogen-bond donors (Lipinski definition) is 2. The number of anilines is 1. The highest BCUT2D eigenvalue weighted by atomic mass is 32.1. The minimum Gasteiger partial charge on any atom is -0.383 e. The molecule has 0 saturated carbocycles. The second-order valence-corrected chi connectivity index (χ2v) is 8.51. The van der Waals surface area contributed by atoms with Crippen molar-refractivity contribution in [2.75, 3.05) is 5.73 Å². The van der Waals surface area contributed by atoms with E-state index < -0.39 is 0 Å². The van der Waals surface area contributed by atoms with E-state index in [4.69, 9.17) is 21.4 Å². The molecule has 8 heteroatoms. The van der Waals surface area contributed by atoms with Gasteiger partial charge in [-0.15, -0.1) is 11.3 Å². The second kappa shape index (κ2) is 6.97. The molecule has 0 fully saturated rings. The Hall–Kier alpha value is -3.62. The number of rotatable bonds is 3. The van der Waals surface area contributed by atoms with Gasteiger partial charge in [0, 0.05) is 29.5 Å². The molecule has 1 aliphatic rings. The topological polar surface area (TPSA) is 109 Å². The van der Waals surface area contributed by atoms with Crippen molar-refractivity contribution in [1.29, 1.82) is 0 Å². The molecule has 31 heavy (non-hydrogen) atoms. The van der Waals surface area contributed by atoms with E-state index in [1.807, 2.05) is 29.6 Å². The Bertz CT molecular complexity index is 1420. The number of thiazole rings is 1. The Balaban J connectivity index is 1.64. The Labute approximate surface area is 182 Å². The zero-order valence-corrected chi connectivity index (χ0v) is 17.4. The van der Waals surface area contributed by atoms with Crippen molar-refractivity contribution in [3.63, 3.8) is 0 Å². The molecular formula is C23H19N7S. The molecule has 0 saturated heterocycles. The standard InChI is InChI=1S/C23H19N7S/c24-17-6-3-13-12-14(4-5-15(13)17)30-21(16-2-1-9-26-20(16)25)28-18-7-8-19(29-22(18)30)23-27-10-11-31-23/h1-2,4-5,7-12,17H,3,6,24H2,(H2,25,26)/t17-/m0/s1. The number of nitrogens with zero attached hydrogens (tertiary/aromatic N) is 5. The molecule has 0 aliphatic heterocycles. The molecule has 4 N–H and O–H groups in total. The minimum absolute atomic E-state index is 0.103. The third kappa shape index (κ3) is 2.91. The van der Waals surface area contributed by atoms with Gasteiger partial charge in [0.25, 0.3) is 0 Å². The monoisotopic (exact) mass is 425 g/mol. The molecule has 0 amide bonds. The van der Waals surface area contributed by atoms with E-state index in [0.717, 1.165) is 46.0 Å². The first kappa shape index (κ1) is 18.2. The lowest BCUT2D eigenvalue weighted by Crippen LogP contribution is -2.06. The van der Waals surface area contributed by atoms with Crippen LogP contribution >= 0.6 is 11.3 Å². The summed E-state index contributed by atoms with van der Waals surface area (Å²) in [5, 5.41) is 2.82. The summed E-state index contributed by atoms with van der Waals surface area (Å²) in [5.74, 6) is 1.15. The maximum Gasteiger partial charge on any atom is 0.165 e. The van der Waals surface area contributed by atoms with E-state index in [1.165, 1.54) is 11.1 Å². The van der Waals surface area contributed by atoms with Crippen molar-refractivity contribution in [3.05, 3.63) is 71.4 Å². The van der Waals surface area contributed by atoms with Gasteiger partial charge in [-0.1, -0.05) is 6.07 Å². The molecule has 1 atom stereocenters. The lowest BCUT2D eigenvalue weighted by molar-refractivity contribution is 0.713. The van der Waals surface area contributed by atoms with Crippen LogP contribution in [0.1, 0.15) is 23.6 Å². The Morgan fingerprint density at radius 1 is 1.03 bits per heavy atom. The molecule has 7 nitrogen and oxygen atoms in total. The van der Waals surface area contributed by atoms with Gasteiger partial charge in [0.05, 0.1) is 5.56 Å². The number of aromatic nitrogens is 5. The lowest BCUT2D eigenvalue weighted by atomic mass is 10.1. The summed E-state index contributed by atoms with van der Waals surface area (Å²) in [6, 6.07) is 14.2. The number of hydrogen-bond acceptors (Lipinski definition) is 7. The van der Waals surface area contributed by atoms with Crippen molar-refractivity contribution < 1.29 is 0 Å². The highest BCUT2D eigenvalue weighted by Crippen LogP contribution is 2.35. The summed E-state index contributed by atoms with van der Waals surface area (Å²) in [7, 11) is 0. The molecule has 0 unspecified atom stereocenters. The summed E-state index contributed by atoms with van der Waals surface area (Å²) < 4.78 is 2.06. The van der Waals surface area contributed by atoms with Crippen LogP contribution in [0, 0.1) is 0 Å². The van der Waals surface area contributed by atoms with Crippen LogP contribution in [0.2, 0.25) is 0 Å². The highest BCUT2D eigenvalue weighted by Gasteiger charge is 2.23. The zero-order chi connectivity index (χ0) is 20.9. The summed E-state index contributed by atoms with van der Waals surface area (Å²) in [4.78, 5) is 18.5. The van der Waals surface area contributed by atoms with Gasteiger partial charge in [-0.05, 0) is 60.4 Å². The Morgan fingerprint density at radius 3 is 2.81 bits per heavy atom. The van der Waals surface area contributed by atoms with Crippen LogP contribution in [-0.4, -0.2) is 24.5 Å². The first-order valence-corrected chi connectivity index (χ1v) is 11.0. The van der Waals surface area contributed by atoms with Crippen LogP contribution in [0.5, 0.6) is 0 Å². The first-order valence-electron chi connectivity index (χ1n) is 10.1. The van der Waals surface area contributed by atoms with Crippen LogP contribution in [0.25, 0.3) is 38.9 Å². The van der Waals surface area contributed by atoms with Crippen molar-refractivity contribution in [2.24, 2.45) is 5.73 Å². The molecule has 4 heterocycles.